The molecule has 10 heteroatoms. The average Bonchev–Trinajstić information content (AvgIpc) is 2.76. The summed E-state index contributed by atoms with van der Waals surface area (Å²) >= 11 is 6.21. The Morgan fingerprint density at radius 2 is 1.97 bits per heavy atom. The average molecular weight is 443 g/mol. The van der Waals surface area contributed by atoms with Gasteiger partial charge in [0.2, 0.25) is 5.91 Å². The molecule has 0 radical (unpaired) electrons. The minimum atomic E-state index is -0.279. The van der Waals surface area contributed by atoms with Gasteiger partial charge in [0.05, 0.1) is 16.7 Å². The second-order valence-corrected chi connectivity index (χ2v) is 7.61. The van der Waals surface area contributed by atoms with Gasteiger partial charge >= 0.3 is 0 Å². The fraction of sp³-hybridized carbons (Fsp3) is 0.250. The number of aryl methyl sites for hydroxylation is 1. The third-order valence-electron chi connectivity index (χ3n) is 4.13. The van der Waals surface area contributed by atoms with E-state index in [4.69, 9.17) is 12.2 Å². The predicted octanol–water partition coefficient (Wildman–Crippen LogP) is 1.64. The Morgan fingerprint density at radius 3 is 2.73 bits per heavy atom. The minimum absolute atomic E-state index is 0.0795. The van der Waals surface area contributed by atoms with E-state index in [0.29, 0.717) is 40.7 Å². The van der Waals surface area contributed by atoms with Gasteiger partial charge in [-0.1, -0.05) is 30.0 Å². The van der Waals surface area contributed by atoms with Crippen molar-refractivity contribution in [1.29, 1.82) is 0 Å². The molecule has 0 aliphatic carbocycles. The number of aromatic nitrogens is 3. The van der Waals surface area contributed by atoms with Gasteiger partial charge in [-0.25, -0.2) is 4.98 Å². The third-order valence-corrected chi connectivity index (χ3v) is 5.35. The smallest absolute Gasteiger partial charge is 0.262 e. The van der Waals surface area contributed by atoms with Crippen molar-refractivity contribution >= 4 is 45.9 Å². The first-order chi connectivity index (χ1) is 14.6. The first-order valence-electron chi connectivity index (χ1n) is 9.43. The van der Waals surface area contributed by atoms with Crippen LogP contribution < -0.4 is 21.7 Å². The van der Waals surface area contributed by atoms with Gasteiger partial charge in [-0.2, -0.15) is 0 Å². The molecule has 3 rings (SSSR count). The third kappa shape index (κ3) is 5.77. The van der Waals surface area contributed by atoms with Gasteiger partial charge in [0.1, 0.15) is 0 Å². The molecule has 0 atom stereocenters. The maximum Gasteiger partial charge on any atom is 0.262 e. The van der Waals surface area contributed by atoms with Gasteiger partial charge in [-0.15, -0.1) is 0 Å². The topological polar surface area (TPSA) is 101 Å². The lowest BCUT2D eigenvalue weighted by Gasteiger charge is -2.13. The zero-order chi connectivity index (χ0) is 21.3. The van der Waals surface area contributed by atoms with Crippen LogP contribution in [-0.4, -0.2) is 37.9 Å². The molecule has 3 aromatic rings. The van der Waals surface area contributed by atoms with Gasteiger partial charge in [0, 0.05) is 31.4 Å². The standard InChI is InChI=1S/C20H22N6O2S2/c1-2-21-19(29)25-24-17(27)13-30-20-23-16-9-4-3-8-15(16)18(28)26(20)12-10-14-7-5-6-11-22-14/h3-9,11H,2,10,12-13H2,1H3,(H,24,27)(H2,21,25,29). The molecule has 8 nitrogen and oxygen atoms in total. The molecule has 1 aromatic carbocycles. The van der Waals surface area contributed by atoms with Crippen molar-refractivity contribution in [2.45, 2.75) is 25.0 Å². The Hall–Kier alpha value is -2.98. The van der Waals surface area contributed by atoms with Crippen molar-refractivity contribution in [1.82, 2.24) is 30.7 Å². The highest BCUT2D eigenvalue weighted by molar-refractivity contribution is 7.99. The largest absolute Gasteiger partial charge is 0.362 e. The molecule has 0 bridgehead atoms. The van der Waals surface area contributed by atoms with Crippen LogP contribution in [0.1, 0.15) is 12.6 Å². The highest BCUT2D eigenvalue weighted by Crippen LogP contribution is 2.18. The van der Waals surface area contributed by atoms with E-state index in [2.05, 4.69) is 26.1 Å². The van der Waals surface area contributed by atoms with Crippen molar-refractivity contribution in [3.8, 4) is 0 Å². The van der Waals surface area contributed by atoms with Gasteiger partial charge in [-0.3, -0.25) is 30.0 Å². The number of carbonyl (C=O) groups is 1. The van der Waals surface area contributed by atoms with Crippen molar-refractivity contribution in [2.24, 2.45) is 0 Å². The number of nitrogens with zero attached hydrogens (tertiary/aromatic N) is 3. The number of thioether (sulfide) groups is 1. The zero-order valence-corrected chi connectivity index (χ0v) is 18.1. The van der Waals surface area contributed by atoms with E-state index in [1.54, 1.807) is 22.9 Å². The molecule has 3 N–H and O–H groups in total. The molecular weight excluding hydrogens is 420 g/mol. The Bertz CT molecular complexity index is 1090. The summed E-state index contributed by atoms with van der Waals surface area (Å²) in [5.74, 6) is -0.199. The molecule has 156 valence electrons. The number of nitrogens with one attached hydrogen (secondary N) is 3. The molecule has 0 aliphatic rings. The molecule has 0 spiro atoms. The van der Waals surface area contributed by atoms with Crippen LogP contribution in [0.3, 0.4) is 0 Å². The molecular formula is C20H22N6O2S2. The van der Waals surface area contributed by atoms with Gasteiger partial charge in [-0.05, 0) is 43.4 Å². The summed E-state index contributed by atoms with van der Waals surface area (Å²) in [6, 6.07) is 12.9. The Balaban J connectivity index is 1.77. The summed E-state index contributed by atoms with van der Waals surface area (Å²) in [7, 11) is 0. The molecule has 1 amide bonds. The summed E-state index contributed by atoms with van der Waals surface area (Å²) in [4.78, 5) is 34.1. The quantitative estimate of drug-likeness (QED) is 0.220. The van der Waals surface area contributed by atoms with Crippen LogP contribution >= 0.6 is 24.0 Å². The van der Waals surface area contributed by atoms with E-state index >= 15 is 0 Å². The number of benzene rings is 1. The first-order valence-corrected chi connectivity index (χ1v) is 10.8. The molecule has 2 aromatic heterocycles. The number of amides is 1. The summed E-state index contributed by atoms with van der Waals surface area (Å²) in [5, 5.41) is 4.25. The summed E-state index contributed by atoms with van der Waals surface area (Å²) in [5.41, 5.74) is 6.51. The second kappa shape index (κ2) is 10.7. The van der Waals surface area contributed by atoms with Crippen LogP contribution in [0, 0.1) is 0 Å². The lowest BCUT2D eigenvalue weighted by atomic mass is 10.2. The van der Waals surface area contributed by atoms with Crippen molar-refractivity contribution in [3.63, 3.8) is 0 Å². The molecule has 0 aliphatic heterocycles. The van der Waals surface area contributed by atoms with E-state index in [1.807, 2.05) is 37.3 Å². The van der Waals surface area contributed by atoms with Crippen LogP contribution in [0.5, 0.6) is 0 Å². The van der Waals surface area contributed by atoms with Crippen molar-refractivity contribution in [2.75, 3.05) is 12.3 Å². The van der Waals surface area contributed by atoms with Crippen molar-refractivity contribution < 1.29 is 4.79 Å². The van der Waals surface area contributed by atoms with Crippen LogP contribution in [0.15, 0.2) is 58.6 Å². The van der Waals surface area contributed by atoms with E-state index in [-0.39, 0.29) is 17.2 Å². The minimum Gasteiger partial charge on any atom is -0.362 e. The van der Waals surface area contributed by atoms with Crippen LogP contribution in [0.4, 0.5) is 0 Å². The number of hydrazine groups is 1. The Kier molecular flexibility index (Phi) is 7.75. The highest BCUT2D eigenvalue weighted by atomic mass is 32.2. The number of thiocarbonyl (C=S) groups is 1. The van der Waals surface area contributed by atoms with Crippen LogP contribution in [0.25, 0.3) is 10.9 Å². The molecule has 0 fully saturated rings. The van der Waals surface area contributed by atoms with E-state index in [1.165, 1.54) is 11.8 Å². The number of hydrogen-bond donors (Lipinski definition) is 3. The first kappa shape index (κ1) is 21.7. The molecule has 30 heavy (non-hydrogen) atoms. The number of hydrogen-bond acceptors (Lipinski definition) is 6. The number of pyridine rings is 1. The highest BCUT2D eigenvalue weighted by Gasteiger charge is 2.13. The van der Waals surface area contributed by atoms with E-state index in [9.17, 15) is 9.59 Å². The Morgan fingerprint density at radius 1 is 1.17 bits per heavy atom. The second-order valence-electron chi connectivity index (χ2n) is 6.26. The Labute approximate surface area is 183 Å². The molecule has 0 saturated heterocycles. The van der Waals surface area contributed by atoms with Gasteiger partial charge in [0.15, 0.2) is 10.3 Å². The fourth-order valence-corrected chi connectivity index (χ4v) is 3.75. The zero-order valence-electron chi connectivity index (χ0n) is 16.4. The SMILES string of the molecule is CCNC(=S)NNC(=O)CSc1nc2ccccc2c(=O)n1CCc1ccccn1. The normalized spacial score (nSPS) is 10.6. The van der Waals surface area contributed by atoms with Crippen molar-refractivity contribution in [3.05, 3.63) is 64.7 Å². The summed E-state index contributed by atoms with van der Waals surface area (Å²) < 4.78 is 1.60. The molecule has 0 saturated carbocycles. The predicted molar refractivity (Wildman–Crippen MR) is 122 cm³/mol. The van der Waals surface area contributed by atoms with E-state index < -0.39 is 0 Å². The number of carbonyl (C=O) groups excluding carboxylic acids is 1. The lowest BCUT2D eigenvalue weighted by Crippen LogP contribution is -2.47. The lowest BCUT2D eigenvalue weighted by molar-refractivity contribution is -0.119. The molecule has 2 heterocycles. The number of rotatable bonds is 7. The summed E-state index contributed by atoms with van der Waals surface area (Å²) in [6.45, 7) is 2.97. The van der Waals surface area contributed by atoms with Gasteiger partial charge in [0.25, 0.3) is 5.56 Å². The maximum atomic E-state index is 13.1. The fourth-order valence-electron chi connectivity index (χ4n) is 2.72. The van der Waals surface area contributed by atoms with Gasteiger partial charge < -0.3 is 5.32 Å². The summed E-state index contributed by atoms with van der Waals surface area (Å²) in [6.07, 6.45) is 2.31. The monoisotopic (exact) mass is 442 g/mol. The van der Waals surface area contributed by atoms with Crippen LogP contribution in [-0.2, 0) is 17.8 Å². The number of fused-ring (bicyclic) bond motifs is 1. The maximum absolute atomic E-state index is 13.1. The van der Waals surface area contributed by atoms with Crippen LogP contribution in [0.2, 0.25) is 0 Å². The molecule has 0 unspecified atom stereocenters. The number of para-hydroxylation sites is 1. The van der Waals surface area contributed by atoms with E-state index in [0.717, 1.165) is 5.69 Å².